The van der Waals surface area contributed by atoms with Gasteiger partial charge in [-0.2, -0.15) is 0 Å². The van der Waals surface area contributed by atoms with Crippen LogP contribution in [-0.2, 0) is 0 Å². The molecular formula is C17H18N2. The second-order valence-corrected chi connectivity index (χ2v) is 5.07. The third-order valence-electron chi connectivity index (χ3n) is 3.85. The fourth-order valence-electron chi connectivity index (χ4n) is 2.35. The lowest BCUT2D eigenvalue weighted by Crippen LogP contribution is -1.90. The van der Waals surface area contributed by atoms with E-state index in [0.29, 0.717) is 5.92 Å². The standard InChI is InChI=1S/C17H18N2/c1-3-12(2)13-4-6-14(7-5-13)15-8-9-16-17(10-15)19-11-18-16/h4-12H,3H2,1-2H3,(H,18,19). The van der Waals surface area contributed by atoms with Crippen molar-refractivity contribution in [2.75, 3.05) is 0 Å². The Hall–Kier alpha value is -2.09. The molecule has 0 aliphatic carbocycles. The number of aromatic nitrogens is 2. The van der Waals surface area contributed by atoms with E-state index >= 15 is 0 Å². The van der Waals surface area contributed by atoms with Crippen LogP contribution in [0.15, 0.2) is 48.8 Å². The summed E-state index contributed by atoms with van der Waals surface area (Å²) in [6.07, 6.45) is 2.92. The van der Waals surface area contributed by atoms with Crippen LogP contribution in [0, 0.1) is 0 Å². The maximum atomic E-state index is 4.25. The molecule has 2 aromatic carbocycles. The Morgan fingerprint density at radius 3 is 2.53 bits per heavy atom. The molecule has 0 spiro atoms. The number of hydrogen-bond donors (Lipinski definition) is 1. The number of hydrogen-bond acceptors (Lipinski definition) is 1. The topological polar surface area (TPSA) is 28.7 Å². The summed E-state index contributed by atoms with van der Waals surface area (Å²) in [5.41, 5.74) is 5.99. The highest BCUT2D eigenvalue weighted by molar-refractivity contribution is 5.81. The maximum absolute atomic E-state index is 4.25. The van der Waals surface area contributed by atoms with Crippen molar-refractivity contribution in [3.8, 4) is 11.1 Å². The summed E-state index contributed by atoms with van der Waals surface area (Å²) in [7, 11) is 0. The zero-order valence-electron chi connectivity index (χ0n) is 11.4. The lowest BCUT2D eigenvalue weighted by atomic mass is 9.96. The summed E-state index contributed by atoms with van der Waals surface area (Å²) in [4.78, 5) is 7.40. The molecule has 3 aromatic rings. The Morgan fingerprint density at radius 2 is 1.79 bits per heavy atom. The molecule has 2 heteroatoms. The number of fused-ring (bicyclic) bond motifs is 1. The molecular weight excluding hydrogens is 232 g/mol. The zero-order valence-corrected chi connectivity index (χ0v) is 11.4. The maximum Gasteiger partial charge on any atom is 0.0931 e. The molecule has 1 atom stereocenters. The minimum Gasteiger partial charge on any atom is -0.345 e. The number of nitrogens with one attached hydrogen (secondary N) is 1. The van der Waals surface area contributed by atoms with Crippen LogP contribution < -0.4 is 0 Å². The van der Waals surface area contributed by atoms with E-state index in [1.54, 1.807) is 6.33 Å². The molecule has 19 heavy (non-hydrogen) atoms. The fourth-order valence-corrected chi connectivity index (χ4v) is 2.35. The van der Waals surface area contributed by atoms with Crippen molar-refractivity contribution in [3.63, 3.8) is 0 Å². The van der Waals surface area contributed by atoms with Crippen LogP contribution in [0.1, 0.15) is 31.7 Å². The molecule has 0 aliphatic rings. The highest BCUT2D eigenvalue weighted by Crippen LogP contribution is 2.25. The average molecular weight is 250 g/mol. The minimum atomic E-state index is 0.629. The highest BCUT2D eigenvalue weighted by atomic mass is 14.9. The van der Waals surface area contributed by atoms with E-state index in [1.165, 1.54) is 23.1 Å². The molecule has 96 valence electrons. The first-order valence-electron chi connectivity index (χ1n) is 6.81. The van der Waals surface area contributed by atoms with E-state index in [1.807, 2.05) is 0 Å². The molecule has 1 heterocycles. The predicted molar refractivity (Wildman–Crippen MR) is 80.2 cm³/mol. The Bertz CT molecular complexity index is 680. The van der Waals surface area contributed by atoms with Gasteiger partial charge in [-0.05, 0) is 41.2 Å². The van der Waals surface area contributed by atoms with Gasteiger partial charge in [0.2, 0.25) is 0 Å². The molecule has 2 nitrogen and oxygen atoms in total. The normalized spacial score (nSPS) is 12.7. The van der Waals surface area contributed by atoms with Crippen LogP contribution >= 0.6 is 0 Å². The molecule has 0 aliphatic heterocycles. The van der Waals surface area contributed by atoms with Gasteiger partial charge < -0.3 is 4.98 Å². The van der Waals surface area contributed by atoms with Crippen molar-refractivity contribution in [1.29, 1.82) is 0 Å². The molecule has 1 N–H and O–H groups in total. The van der Waals surface area contributed by atoms with Crippen LogP contribution in [0.3, 0.4) is 0 Å². The van der Waals surface area contributed by atoms with Gasteiger partial charge in [-0.15, -0.1) is 0 Å². The van der Waals surface area contributed by atoms with Gasteiger partial charge in [0.15, 0.2) is 0 Å². The van der Waals surface area contributed by atoms with Crippen LogP contribution in [0.25, 0.3) is 22.2 Å². The van der Waals surface area contributed by atoms with Gasteiger partial charge in [0.25, 0.3) is 0 Å². The number of aromatic amines is 1. The fraction of sp³-hybridized carbons (Fsp3) is 0.235. The molecule has 0 amide bonds. The lowest BCUT2D eigenvalue weighted by Gasteiger charge is -2.10. The Labute approximate surface area is 113 Å². The first-order chi connectivity index (χ1) is 9.28. The van der Waals surface area contributed by atoms with Crippen LogP contribution in [0.2, 0.25) is 0 Å². The monoisotopic (exact) mass is 250 g/mol. The smallest absolute Gasteiger partial charge is 0.0931 e. The van der Waals surface area contributed by atoms with Crippen molar-refractivity contribution >= 4 is 11.0 Å². The Kier molecular flexibility index (Phi) is 3.08. The largest absolute Gasteiger partial charge is 0.345 e. The van der Waals surface area contributed by atoms with Gasteiger partial charge in [-0.25, -0.2) is 4.98 Å². The number of nitrogens with zero attached hydrogens (tertiary/aromatic N) is 1. The second kappa shape index (κ2) is 4.88. The van der Waals surface area contributed by atoms with Crippen LogP contribution in [-0.4, -0.2) is 9.97 Å². The van der Waals surface area contributed by atoms with Crippen molar-refractivity contribution in [3.05, 3.63) is 54.4 Å². The highest BCUT2D eigenvalue weighted by Gasteiger charge is 2.04. The molecule has 0 radical (unpaired) electrons. The number of imidazole rings is 1. The van der Waals surface area contributed by atoms with E-state index in [2.05, 4.69) is 66.3 Å². The summed E-state index contributed by atoms with van der Waals surface area (Å²) in [5, 5.41) is 0. The summed E-state index contributed by atoms with van der Waals surface area (Å²) in [6.45, 7) is 4.50. The molecule has 0 fully saturated rings. The predicted octanol–water partition coefficient (Wildman–Crippen LogP) is 4.74. The third kappa shape index (κ3) is 2.26. The quantitative estimate of drug-likeness (QED) is 0.714. The van der Waals surface area contributed by atoms with E-state index in [-0.39, 0.29) is 0 Å². The average Bonchev–Trinajstić information content (AvgIpc) is 2.94. The molecule has 3 rings (SSSR count). The van der Waals surface area contributed by atoms with E-state index in [9.17, 15) is 0 Å². The van der Waals surface area contributed by atoms with Crippen LogP contribution in [0.5, 0.6) is 0 Å². The second-order valence-electron chi connectivity index (χ2n) is 5.07. The first kappa shape index (κ1) is 12.0. The summed E-state index contributed by atoms with van der Waals surface area (Å²) >= 11 is 0. The number of H-pyrrole nitrogens is 1. The summed E-state index contributed by atoms with van der Waals surface area (Å²) in [6, 6.07) is 15.2. The van der Waals surface area contributed by atoms with Gasteiger partial charge in [-0.3, -0.25) is 0 Å². The number of benzene rings is 2. The molecule has 1 unspecified atom stereocenters. The SMILES string of the molecule is CCC(C)c1ccc(-c2ccc3nc[nH]c3c2)cc1. The van der Waals surface area contributed by atoms with Gasteiger partial charge in [0.1, 0.15) is 0 Å². The van der Waals surface area contributed by atoms with Gasteiger partial charge in [0, 0.05) is 0 Å². The van der Waals surface area contributed by atoms with Gasteiger partial charge in [0.05, 0.1) is 17.4 Å². The van der Waals surface area contributed by atoms with Crippen molar-refractivity contribution in [2.45, 2.75) is 26.2 Å². The summed E-state index contributed by atoms with van der Waals surface area (Å²) in [5.74, 6) is 0.629. The van der Waals surface area contributed by atoms with E-state index in [0.717, 1.165) is 11.0 Å². The van der Waals surface area contributed by atoms with Gasteiger partial charge >= 0.3 is 0 Å². The van der Waals surface area contributed by atoms with Crippen molar-refractivity contribution < 1.29 is 0 Å². The third-order valence-corrected chi connectivity index (χ3v) is 3.85. The molecule has 0 bridgehead atoms. The molecule has 1 aromatic heterocycles. The van der Waals surface area contributed by atoms with E-state index in [4.69, 9.17) is 0 Å². The van der Waals surface area contributed by atoms with Crippen LogP contribution in [0.4, 0.5) is 0 Å². The van der Waals surface area contributed by atoms with Crippen molar-refractivity contribution in [1.82, 2.24) is 9.97 Å². The lowest BCUT2D eigenvalue weighted by molar-refractivity contribution is 0.734. The molecule has 0 saturated heterocycles. The Balaban J connectivity index is 1.96. The Morgan fingerprint density at radius 1 is 1.05 bits per heavy atom. The van der Waals surface area contributed by atoms with Crippen molar-refractivity contribution in [2.24, 2.45) is 0 Å². The zero-order chi connectivity index (χ0) is 13.2. The van der Waals surface area contributed by atoms with Gasteiger partial charge in [-0.1, -0.05) is 44.2 Å². The molecule has 0 saturated carbocycles. The first-order valence-corrected chi connectivity index (χ1v) is 6.81. The summed E-state index contributed by atoms with van der Waals surface area (Å²) < 4.78 is 0. The minimum absolute atomic E-state index is 0.629. The van der Waals surface area contributed by atoms with E-state index < -0.39 is 0 Å². The number of rotatable bonds is 3.